The monoisotopic (exact) mass is 1330 g/mol. The van der Waals surface area contributed by atoms with Crippen LogP contribution in [0.25, 0.3) is 181 Å². The maximum atomic E-state index is 6.83. The minimum atomic E-state index is 0.839. The standard InChI is InChI=1S/C92H52N2O3S3/c1-2-11-67-54(10-1)26-40-75-74-39-29-59(48-88(74)100-91(67)75)53-22-30-60(31-23-53)93(62-36-44-82-78(49-62)69-13-4-7-17-81(69)95-82)63-37-45-83-79(50-63)71-38-28-58(47-84(71)97-83)57-21-20-56-27-41-76-90-66(15-9-19-87(90)99-92(76)77(56)46-57)55-24-32-61(33-25-55)94(64-34-42-70-68-12-3-6-16-80(68)96-85(70)51-64)65-35-43-73-72-14-5-8-18-86(72)98-89(73)52-65/h1-52H. The van der Waals surface area contributed by atoms with Crippen molar-refractivity contribution in [2.75, 3.05) is 9.80 Å². The predicted molar refractivity (Wildman–Crippen MR) is 428 cm³/mol. The molecule has 100 heavy (non-hydrogen) atoms. The molecule has 466 valence electrons. The molecule has 0 N–H and O–H groups in total. The lowest BCUT2D eigenvalue weighted by Gasteiger charge is -2.26. The van der Waals surface area contributed by atoms with E-state index in [2.05, 4.69) is 301 Å². The zero-order valence-electron chi connectivity index (χ0n) is 53.4. The fraction of sp³-hybridized carbons (Fsp3) is 0. The number of furan rings is 3. The molecule has 22 rings (SSSR count). The van der Waals surface area contributed by atoms with E-state index in [-0.39, 0.29) is 0 Å². The summed E-state index contributed by atoms with van der Waals surface area (Å²) >= 11 is 5.60. The second-order valence-electron chi connectivity index (χ2n) is 26.2. The SMILES string of the molecule is c1ccc2c(c1)ccc1c3ccc(-c4ccc(N(c5ccc6oc7ccccc7c6c5)c5ccc6oc7cc(-c8ccc9ccc%10c(sc%11cccc(-c%12ccc(N(c%13ccc%14c(c%13)oc%13ccccc%13%14)c%13ccc%14c(c%13)sc%13ccccc%13%14)cc%12)c%11%10)c9c8)ccc7c6c5)cc4)cc3sc21. The Morgan fingerprint density at radius 3 is 1.39 bits per heavy atom. The first kappa shape index (κ1) is 55.8. The van der Waals surface area contributed by atoms with Crippen LogP contribution in [0, 0.1) is 0 Å². The third-order valence-electron chi connectivity index (χ3n) is 20.6. The molecule has 8 heteroatoms. The zero-order chi connectivity index (χ0) is 65.3. The van der Waals surface area contributed by atoms with Crippen molar-refractivity contribution in [3.63, 3.8) is 0 Å². The number of rotatable bonds is 9. The van der Waals surface area contributed by atoms with Crippen molar-refractivity contribution in [1.29, 1.82) is 0 Å². The lowest BCUT2D eigenvalue weighted by atomic mass is 9.96. The van der Waals surface area contributed by atoms with Crippen molar-refractivity contribution in [3.8, 4) is 33.4 Å². The summed E-state index contributed by atoms with van der Waals surface area (Å²) in [6.45, 7) is 0. The van der Waals surface area contributed by atoms with Gasteiger partial charge < -0.3 is 23.1 Å². The molecular weight excluding hydrogens is 1280 g/mol. The number of para-hydroxylation sites is 2. The largest absolute Gasteiger partial charge is 0.456 e. The van der Waals surface area contributed by atoms with E-state index in [9.17, 15) is 0 Å². The molecule has 0 atom stereocenters. The van der Waals surface area contributed by atoms with Gasteiger partial charge in [0.1, 0.15) is 33.5 Å². The van der Waals surface area contributed by atoms with E-state index in [1.54, 1.807) is 0 Å². The molecule has 0 bridgehead atoms. The highest BCUT2D eigenvalue weighted by molar-refractivity contribution is 7.27. The molecule has 0 saturated carbocycles. The van der Waals surface area contributed by atoms with Crippen molar-refractivity contribution in [3.05, 3.63) is 315 Å². The number of benzene rings is 16. The second-order valence-corrected chi connectivity index (χ2v) is 29.4. The van der Waals surface area contributed by atoms with Crippen molar-refractivity contribution in [2.45, 2.75) is 0 Å². The lowest BCUT2D eigenvalue weighted by Crippen LogP contribution is -2.09. The number of thiophene rings is 3. The first-order valence-corrected chi connectivity index (χ1v) is 36.2. The van der Waals surface area contributed by atoms with Crippen molar-refractivity contribution in [1.82, 2.24) is 0 Å². The fourth-order valence-corrected chi connectivity index (χ4v) is 19.5. The minimum Gasteiger partial charge on any atom is -0.456 e. The number of hydrogen-bond acceptors (Lipinski definition) is 8. The van der Waals surface area contributed by atoms with Crippen LogP contribution in [0.5, 0.6) is 0 Å². The smallest absolute Gasteiger partial charge is 0.137 e. The molecule has 0 aliphatic carbocycles. The Hall–Kier alpha value is -12.3. The Morgan fingerprint density at radius 1 is 0.200 bits per heavy atom. The topological polar surface area (TPSA) is 45.9 Å². The van der Waals surface area contributed by atoms with Gasteiger partial charge in [0.15, 0.2) is 0 Å². The van der Waals surface area contributed by atoms with Crippen LogP contribution < -0.4 is 9.80 Å². The fourth-order valence-electron chi connectivity index (χ4n) is 15.8. The van der Waals surface area contributed by atoms with Gasteiger partial charge in [0.25, 0.3) is 0 Å². The van der Waals surface area contributed by atoms with Crippen LogP contribution in [0.2, 0.25) is 0 Å². The van der Waals surface area contributed by atoms with E-state index in [1.165, 1.54) is 104 Å². The summed E-state index contributed by atoms with van der Waals surface area (Å²) in [5, 5.41) is 19.2. The van der Waals surface area contributed by atoms with Gasteiger partial charge in [-0.15, -0.1) is 34.0 Å². The van der Waals surface area contributed by atoms with E-state index in [4.69, 9.17) is 13.3 Å². The van der Waals surface area contributed by atoms with Crippen molar-refractivity contribution < 1.29 is 13.3 Å². The number of nitrogens with zero attached hydrogens (tertiary/aromatic N) is 2. The van der Waals surface area contributed by atoms with Crippen LogP contribution in [-0.4, -0.2) is 0 Å². The Morgan fingerprint density at radius 2 is 0.630 bits per heavy atom. The van der Waals surface area contributed by atoms with E-state index in [1.807, 2.05) is 58.3 Å². The summed E-state index contributed by atoms with van der Waals surface area (Å²) in [6.07, 6.45) is 0. The molecule has 6 aromatic heterocycles. The molecule has 5 nitrogen and oxygen atoms in total. The van der Waals surface area contributed by atoms with Crippen LogP contribution in [-0.2, 0) is 0 Å². The van der Waals surface area contributed by atoms with Crippen LogP contribution in [0.1, 0.15) is 0 Å². The molecule has 16 aromatic carbocycles. The predicted octanol–water partition coefficient (Wildman–Crippen LogP) is 28.7. The molecule has 0 spiro atoms. The van der Waals surface area contributed by atoms with Gasteiger partial charge in [-0.3, -0.25) is 0 Å². The molecule has 6 heterocycles. The van der Waals surface area contributed by atoms with Crippen molar-refractivity contribution >= 4 is 216 Å². The average molecular weight is 1330 g/mol. The van der Waals surface area contributed by atoms with Crippen LogP contribution in [0.15, 0.2) is 329 Å². The Labute approximate surface area is 583 Å². The average Bonchev–Trinajstić information content (AvgIpc) is 1.58. The molecular formula is C92H52N2O3S3. The highest BCUT2D eigenvalue weighted by Crippen LogP contribution is 2.49. The Kier molecular flexibility index (Phi) is 12.1. The number of hydrogen-bond donors (Lipinski definition) is 0. The maximum absolute atomic E-state index is 6.83. The zero-order valence-corrected chi connectivity index (χ0v) is 55.8. The van der Waals surface area contributed by atoms with Gasteiger partial charge in [0.05, 0.1) is 0 Å². The van der Waals surface area contributed by atoms with Gasteiger partial charge in [-0.05, 0) is 183 Å². The quantitative estimate of drug-likeness (QED) is 0.144. The summed E-state index contributed by atoms with van der Waals surface area (Å²) in [7, 11) is 0. The summed E-state index contributed by atoms with van der Waals surface area (Å²) in [5.41, 5.74) is 18.5. The molecule has 0 aliphatic rings. The summed E-state index contributed by atoms with van der Waals surface area (Å²) in [5.74, 6) is 0. The lowest BCUT2D eigenvalue weighted by molar-refractivity contribution is 0.668. The highest BCUT2D eigenvalue weighted by Gasteiger charge is 2.23. The van der Waals surface area contributed by atoms with Crippen LogP contribution >= 0.6 is 34.0 Å². The molecule has 0 fully saturated rings. The van der Waals surface area contributed by atoms with Gasteiger partial charge in [-0.2, -0.15) is 0 Å². The van der Waals surface area contributed by atoms with E-state index in [0.717, 1.165) is 111 Å². The first-order valence-electron chi connectivity index (χ1n) is 33.7. The van der Waals surface area contributed by atoms with Gasteiger partial charge in [0, 0.05) is 138 Å². The molecule has 0 radical (unpaired) electrons. The molecule has 0 unspecified atom stereocenters. The summed E-state index contributed by atoms with van der Waals surface area (Å²) in [4.78, 5) is 4.72. The van der Waals surface area contributed by atoms with Crippen molar-refractivity contribution in [2.24, 2.45) is 0 Å². The van der Waals surface area contributed by atoms with Gasteiger partial charge in [-0.1, -0.05) is 176 Å². The minimum absolute atomic E-state index is 0.839. The van der Waals surface area contributed by atoms with E-state index >= 15 is 0 Å². The molecule has 0 aliphatic heterocycles. The van der Waals surface area contributed by atoms with Gasteiger partial charge in [-0.25, -0.2) is 0 Å². The molecule has 0 amide bonds. The molecule has 0 saturated heterocycles. The third-order valence-corrected chi connectivity index (χ3v) is 24.2. The maximum Gasteiger partial charge on any atom is 0.137 e. The second kappa shape index (κ2) is 21.6. The Balaban J connectivity index is 0.605. The van der Waals surface area contributed by atoms with Crippen LogP contribution in [0.4, 0.5) is 34.1 Å². The first-order chi connectivity index (χ1) is 49.5. The summed E-state index contributed by atoms with van der Waals surface area (Å²) in [6, 6.07) is 115. The van der Waals surface area contributed by atoms with Gasteiger partial charge in [0.2, 0.25) is 0 Å². The Bertz CT molecular complexity index is 7070. The van der Waals surface area contributed by atoms with Gasteiger partial charge >= 0.3 is 0 Å². The summed E-state index contributed by atoms with van der Waals surface area (Å²) < 4.78 is 27.4. The van der Waals surface area contributed by atoms with E-state index in [0.29, 0.717) is 0 Å². The molecule has 22 aromatic rings. The van der Waals surface area contributed by atoms with E-state index < -0.39 is 0 Å². The van der Waals surface area contributed by atoms with Crippen LogP contribution in [0.3, 0.4) is 0 Å². The normalized spacial score (nSPS) is 12.2. The highest BCUT2D eigenvalue weighted by atomic mass is 32.1. The number of fused-ring (bicyclic) bond motifs is 22. The number of anilines is 6. The third kappa shape index (κ3) is 8.64.